The number of anilines is 1. The maximum absolute atomic E-state index is 3.58. The van der Waals surface area contributed by atoms with Gasteiger partial charge < -0.3 is 0 Å². The molecular formula is C26H25NPb. The van der Waals surface area contributed by atoms with Crippen LogP contribution in [0, 0.1) is 0 Å². The third-order valence-corrected chi connectivity index (χ3v) is 24.1. The van der Waals surface area contributed by atoms with Crippen LogP contribution in [0.1, 0.15) is 0 Å². The molecule has 0 fully saturated rings. The van der Waals surface area contributed by atoms with Crippen molar-refractivity contribution >= 4 is 39.4 Å². The molecule has 0 heterocycles. The number of hydrogen-bond acceptors (Lipinski definition) is 1. The summed E-state index contributed by atoms with van der Waals surface area (Å²) in [7, 11) is 4.19. The standard InChI is InChI=1S/C8H10N.3C6H5.Pb/c1-9(2)8-6-4-3-5-7-8;3*1-2-4-6-5-3-1;/h4-7H,1-2H3;3*1-5H;. The normalized spacial score (nSPS) is 11.2. The van der Waals surface area contributed by atoms with Gasteiger partial charge in [-0.15, -0.1) is 0 Å². The molecule has 0 aliphatic rings. The van der Waals surface area contributed by atoms with E-state index in [9.17, 15) is 0 Å². The van der Waals surface area contributed by atoms with E-state index in [-0.39, 0.29) is 0 Å². The molecule has 1 nitrogen and oxygen atoms in total. The molecular weight excluding hydrogens is 533 g/mol. The summed E-state index contributed by atoms with van der Waals surface area (Å²) in [6, 6.07) is 42.7. The molecule has 28 heavy (non-hydrogen) atoms. The van der Waals surface area contributed by atoms with Crippen LogP contribution in [0.5, 0.6) is 0 Å². The molecule has 0 aromatic heterocycles. The first-order chi connectivity index (χ1) is 13.7. The predicted octanol–water partition coefficient (Wildman–Crippen LogP) is 3.13. The number of rotatable bonds is 5. The van der Waals surface area contributed by atoms with Crippen molar-refractivity contribution < 1.29 is 0 Å². The van der Waals surface area contributed by atoms with Gasteiger partial charge in [-0.2, -0.15) is 0 Å². The molecule has 0 atom stereocenters. The maximum atomic E-state index is 2.36. The summed E-state index contributed by atoms with van der Waals surface area (Å²) in [6.07, 6.45) is 0. The number of hydrogen-bond donors (Lipinski definition) is 0. The Kier molecular flexibility index (Phi) is 5.62. The van der Waals surface area contributed by atoms with E-state index in [2.05, 4.69) is 134 Å². The molecule has 4 rings (SSSR count). The third-order valence-electron chi connectivity index (χ3n) is 5.44. The summed E-state index contributed by atoms with van der Waals surface area (Å²) in [6.45, 7) is 0. The van der Waals surface area contributed by atoms with Gasteiger partial charge in [0, 0.05) is 0 Å². The Labute approximate surface area is 172 Å². The van der Waals surface area contributed by atoms with Gasteiger partial charge in [0.15, 0.2) is 0 Å². The quantitative estimate of drug-likeness (QED) is 0.341. The van der Waals surface area contributed by atoms with Crippen molar-refractivity contribution in [1.29, 1.82) is 0 Å². The van der Waals surface area contributed by atoms with E-state index in [0.29, 0.717) is 0 Å². The van der Waals surface area contributed by atoms with Crippen molar-refractivity contribution in [2.24, 2.45) is 0 Å². The minimum absolute atomic E-state index is 1.24. The van der Waals surface area contributed by atoms with Crippen molar-refractivity contribution in [2.75, 3.05) is 19.0 Å². The first-order valence-electron chi connectivity index (χ1n) is 9.67. The second kappa shape index (κ2) is 8.31. The van der Waals surface area contributed by atoms with E-state index in [4.69, 9.17) is 0 Å². The zero-order valence-electron chi connectivity index (χ0n) is 16.4. The Morgan fingerprint density at radius 1 is 0.429 bits per heavy atom. The molecule has 0 N–H and O–H groups in total. The molecule has 0 spiro atoms. The summed E-state index contributed by atoms with van der Waals surface area (Å²) < 4.78 is 5.96. The van der Waals surface area contributed by atoms with Gasteiger partial charge in [0.2, 0.25) is 0 Å². The Hall–Kier alpha value is -2.40. The SMILES string of the molecule is CN(C)c1cc[c]([Pb]([c]2ccccc2)([c]2ccccc2)[c]2ccccc2)cc1. The minimum atomic E-state index is -3.58. The van der Waals surface area contributed by atoms with Gasteiger partial charge in [0.25, 0.3) is 0 Å². The van der Waals surface area contributed by atoms with Gasteiger partial charge in [-0.25, -0.2) is 0 Å². The summed E-state index contributed by atoms with van der Waals surface area (Å²) in [5, 5.41) is 0. The average Bonchev–Trinajstić information content (AvgIpc) is 2.77. The monoisotopic (exact) mass is 559 g/mol. The molecule has 0 amide bonds. The molecule has 0 aliphatic carbocycles. The van der Waals surface area contributed by atoms with E-state index >= 15 is 0 Å². The first-order valence-corrected chi connectivity index (χ1v) is 17.4. The number of benzene rings is 4. The molecule has 0 aliphatic heterocycles. The van der Waals surface area contributed by atoms with E-state index in [1.807, 2.05) is 0 Å². The molecule has 2 heteroatoms. The second-order valence-electron chi connectivity index (χ2n) is 7.29. The fourth-order valence-electron chi connectivity index (χ4n) is 4.07. The molecule has 0 radical (unpaired) electrons. The second-order valence-corrected chi connectivity index (χ2v) is 22.1. The fourth-order valence-corrected chi connectivity index (χ4v) is 22.5. The van der Waals surface area contributed by atoms with Gasteiger partial charge in [-0.05, 0) is 0 Å². The fraction of sp³-hybridized carbons (Fsp3) is 0.0769. The summed E-state index contributed by atoms with van der Waals surface area (Å²) in [5.74, 6) is 0. The molecule has 0 bridgehead atoms. The van der Waals surface area contributed by atoms with Crippen LogP contribution in [-0.2, 0) is 0 Å². The molecule has 138 valence electrons. The van der Waals surface area contributed by atoms with Crippen LogP contribution in [-0.4, -0.2) is 35.3 Å². The average molecular weight is 559 g/mol. The van der Waals surface area contributed by atoms with Crippen molar-refractivity contribution in [3.05, 3.63) is 115 Å². The molecule has 4 aromatic carbocycles. The van der Waals surface area contributed by atoms with Gasteiger partial charge in [0.05, 0.1) is 0 Å². The molecule has 0 unspecified atom stereocenters. The van der Waals surface area contributed by atoms with E-state index in [0.717, 1.165) is 0 Å². The van der Waals surface area contributed by atoms with Crippen LogP contribution >= 0.6 is 0 Å². The van der Waals surface area contributed by atoms with Crippen molar-refractivity contribution in [2.45, 2.75) is 0 Å². The van der Waals surface area contributed by atoms with Crippen molar-refractivity contribution in [1.82, 2.24) is 0 Å². The summed E-state index contributed by atoms with van der Waals surface area (Å²) in [4.78, 5) is 2.16. The third kappa shape index (κ3) is 3.39. The first kappa shape index (κ1) is 18.9. The zero-order valence-corrected chi connectivity index (χ0v) is 20.3. The predicted molar refractivity (Wildman–Crippen MR) is 124 cm³/mol. The van der Waals surface area contributed by atoms with Crippen LogP contribution in [0.15, 0.2) is 115 Å². The Balaban J connectivity index is 2.07. The Morgan fingerprint density at radius 2 is 0.750 bits per heavy atom. The van der Waals surface area contributed by atoms with Crippen molar-refractivity contribution in [3.63, 3.8) is 0 Å². The summed E-state index contributed by atoms with van der Waals surface area (Å²) >= 11 is -3.58. The van der Waals surface area contributed by atoms with Crippen LogP contribution in [0.3, 0.4) is 0 Å². The summed E-state index contributed by atoms with van der Waals surface area (Å²) in [5.41, 5.74) is 1.24. The van der Waals surface area contributed by atoms with E-state index < -0.39 is 21.2 Å². The molecule has 0 saturated carbocycles. The van der Waals surface area contributed by atoms with Crippen LogP contribution in [0.25, 0.3) is 0 Å². The van der Waals surface area contributed by atoms with Crippen molar-refractivity contribution in [3.8, 4) is 0 Å². The Morgan fingerprint density at radius 3 is 1.07 bits per heavy atom. The number of nitrogens with zero attached hydrogens (tertiary/aromatic N) is 1. The van der Waals surface area contributed by atoms with Crippen LogP contribution in [0.4, 0.5) is 5.69 Å². The molecule has 0 saturated heterocycles. The Bertz CT molecular complexity index is 914. The van der Waals surface area contributed by atoms with E-state index in [1.165, 1.54) is 18.2 Å². The van der Waals surface area contributed by atoms with Gasteiger partial charge in [-0.3, -0.25) is 0 Å². The van der Waals surface area contributed by atoms with Crippen LogP contribution in [0.2, 0.25) is 0 Å². The van der Waals surface area contributed by atoms with Gasteiger partial charge in [-0.1, -0.05) is 0 Å². The zero-order chi connectivity index (χ0) is 19.4. The van der Waals surface area contributed by atoms with Crippen LogP contribution < -0.4 is 17.4 Å². The topological polar surface area (TPSA) is 3.24 Å². The van der Waals surface area contributed by atoms with Gasteiger partial charge >= 0.3 is 174 Å². The van der Waals surface area contributed by atoms with E-state index in [1.54, 1.807) is 0 Å². The molecule has 4 aromatic rings. The van der Waals surface area contributed by atoms with Gasteiger partial charge in [0.1, 0.15) is 0 Å².